The van der Waals surface area contributed by atoms with Gasteiger partial charge in [-0.25, -0.2) is 8.42 Å². The van der Waals surface area contributed by atoms with Crippen molar-refractivity contribution in [3.63, 3.8) is 0 Å². The second kappa shape index (κ2) is 11.0. The lowest BCUT2D eigenvalue weighted by molar-refractivity contribution is -0.116. The summed E-state index contributed by atoms with van der Waals surface area (Å²) in [6.45, 7) is -0.523. The molecule has 174 valence electrons. The van der Waals surface area contributed by atoms with Crippen molar-refractivity contribution in [3.05, 3.63) is 81.8 Å². The molecular weight excluding hydrogens is 532 g/mol. The smallest absolute Gasteiger partial charge is 0.243 e. The topological polar surface area (TPSA) is 84.9 Å². The lowest BCUT2D eigenvalue weighted by Crippen LogP contribution is -2.37. The van der Waals surface area contributed by atoms with Crippen molar-refractivity contribution in [1.82, 2.24) is 4.31 Å². The molecule has 0 aliphatic rings. The molecule has 10 heteroatoms. The average Bonchev–Trinajstić information content (AvgIpc) is 2.80. The van der Waals surface area contributed by atoms with Crippen LogP contribution in [0.1, 0.15) is 5.56 Å². The highest BCUT2D eigenvalue weighted by molar-refractivity contribution is 9.10. The zero-order valence-electron chi connectivity index (χ0n) is 17.9. The number of benzene rings is 3. The SMILES string of the molecule is COc1ccc(OC)c(NC(=O)CN(Cc2ccccc2Cl)S(=O)(=O)c2ccc(Br)cc2)c1. The Balaban J connectivity index is 1.92. The van der Waals surface area contributed by atoms with Crippen molar-refractivity contribution >= 4 is 49.1 Å². The number of nitrogens with one attached hydrogen (secondary N) is 1. The lowest BCUT2D eigenvalue weighted by Gasteiger charge is -2.23. The molecule has 0 unspecified atom stereocenters. The summed E-state index contributed by atoms with van der Waals surface area (Å²) in [7, 11) is -1.04. The summed E-state index contributed by atoms with van der Waals surface area (Å²) in [6.07, 6.45) is 0. The molecule has 0 bridgehead atoms. The van der Waals surface area contributed by atoms with Gasteiger partial charge in [0.1, 0.15) is 11.5 Å². The van der Waals surface area contributed by atoms with Crippen LogP contribution < -0.4 is 14.8 Å². The minimum atomic E-state index is -4.01. The number of anilines is 1. The molecule has 3 aromatic rings. The van der Waals surface area contributed by atoms with Crippen LogP contribution in [-0.2, 0) is 21.4 Å². The molecule has 0 aliphatic heterocycles. The van der Waals surface area contributed by atoms with E-state index < -0.39 is 22.5 Å². The van der Waals surface area contributed by atoms with Gasteiger partial charge in [-0.2, -0.15) is 4.31 Å². The van der Waals surface area contributed by atoms with Crippen LogP contribution in [0.4, 0.5) is 5.69 Å². The predicted octanol–water partition coefficient (Wildman–Crippen LogP) is 4.95. The van der Waals surface area contributed by atoms with Crippen LogP contribution in [0.2, 0.25) is 5.02 Å². The van der Waals surface area contributed by atoms with E-state index in [0.717, 1.165) is 8.78 Å². The molecule has 3 rings (SSSR count). The van der Waals surface area contributed by atoms with Gasteiger partial charge in [0.25, 0.3) is 0 Å². The Hall–Kier alpha value is -2.59. The summed E-state index contributed by atoms with van der Waals surface area (Å²) in [5.41, 5.74) is 0.937. The Bertz CT molecular complexity index is 1240. The molecule has 0 aliphatic carbocycles. The third kappa shape index (κ3) is 6.26. The normalized spacial score (nSPS) is 11.3. The number of rotatable bonds is 9. The molecule has 0 radical (unpaired) electrons. The maximum Gasteiger partial charge on any atom is 0.243 e. The van der Waals surface area contributed by atoms with Crippen LogP contribution in [0, 0.1) is 0 Å². The Morgan fingerprint density at radius 3 is 2.36 bits per heavy atom. The monoisotopic (exact) mass is 552 g/mol. The van der Waals surface area contributed by atoms with Crippen LogP contribution >= 0.6 is 27.5 Å². The molecule has 0 spiro atoms. The second-order valence-corrected chi connectivity index (χ2v) is 10.2. The number of sulfonamides is 1. The van der Waals surface area contributed by atoms with E-state index in [4.69, 9.17) is 21.1 Å². The van der Waals surface area contributed by atoms with E-state index in [-0.39, 0.29) is 11.4 Å². The first-order valence-electron chi connectivity index (χ1n) is 9.75. The standard InChI is InChI=1S/C23H22BrClN2O5S/c1-31-18-9-12-22(32-2)21(13-18)26-23(28)15-27(14-16-5-3-4-6-20(16)25)33(29,30)19-10-7-17(24)8-11-19/h3-13H,14-15H2,1-2H3,(H,26,28). The lowest BCUT2D eigenvalue weighted by atomic mass is 10.2. The van der Waals surface area contributed by atoms with Crippen molar-refractivity contribution in [3.8, 4) is 11.5 Å². The average molecular weight is 554 g/mol. The zero-order valence-corrected chi connectivity index (χ0v) is 21.1. The van der Waals surface area contributed by atoms with E-state index in [1.807, 2.05) is 0 Å². The minimum Gasteiger partial charge on any atom is -0.497 e. The molecule has 0 saturated carbocycles. The Labute approximate surface area is 206 Å². The molecule has 0 atom stereocenters. The summed E-state index contributed by atoms with van der Waals surface area (Å²) in [5, 5.41) is 3.12. The molecule has 7 nitrogen and oxygen atoms in total. The Kier molecular flexibility index (Phi) is 8.36. The molecule has 0 saturated heterocycles. The maximum absolute atomic E-state index is 13.4. The van der Waals surface area contributed by atoms with Crippen LogP contribution in [-0.4, -0.2) is 39.4 Å². The maximum atomic E-state index is 13.4. The highest BCUT2D eigenvalue weighted by atomic mass is 79.9. The van der Waals surface area contributed by atoms with Crippen LogP contribution in [0.25, 0.3) is 0 Å². The van der Waals surface area contributed by atoms with Crippen LogP contribution in [0.5, 0.6) is 11.5 Å². The Morgan fingerprint density at radius 1 is 1.03 bits per heavy atom. The molecular formula is C23H22BrClN2O5S. The minimum absolute atomic E-state index is 0.0597. The summed E-state index contributed by atoms with van der Waals surface area (Å²) in [4.78, 5) is 13.0. The van der Waals surface area contributed by atoms with Gasteiger partial charge in [-0.05, 0) is 48.0 Å². The fourth-order valence-corrected chi connectivity index (χ4v) is 4.89. The largest absolute Gasteiger partial charge is 0.497 e. The molecule has 0 aromatic heterocycles. The van der Waals surface area contributed by atoms with Gasteiger partial charge in [0.2, 0.25) is 15.9 Å². The first kappa shape index (κ1) is 25.0. The predicted molar refractivity (Wildman–Crippen MR) is 131 cm³/mol. The molecule has 0 fully saturated rings. The van der Waals surface area contributed by atoms with Gasteiger partial charge in [0.05, 0.1) is 31.3 Å². The van der Waals surface area contributed by atoms with Gasteiger partial charge in [-0.15, -0.1) is 0 Å². The first-order chi connectivity index (χ1) is 15.7. The van der Waals surface area contributed by atoms with E-state index >= 15 is 0 Å². The van der Waals surface area contributed by atoms with E-state index in [1.54, 1.807) is 54.6 Å². The van der Waals surface area contributed by atoms with E-state index in [0.29, 0.717) is 27.8 Å². The Morgan fingerprint density at radius 2 is 1.73 bits per heavy atom. The number of amides is 1. The number of hydrogen-bond donors (Lipinski definition) is 1. The fourth-order valence-electron chi connectivity index (χ4n) is 3.06. The van der Waals surface area contributed by atoms with Gasteiger partial charge in [0, 0.05) is 22.1 Å². The number of hydrogen-bond acceptors (Lipinski definition) is 5. The number of methoxy groups -OCH3 is 2. The summed E-state index contributed by atoms with van der Waals surface area (Å²) >= 11 is 9.57. The second-order valence-electron chi connectivity index (χ2n) is 6.93. The first-order valence-corrected chi connectivity index (χ1v) is 12.4. The van der Waals surface area contributed by atoms with Crippen molar-refractivity contribution in [2.24, 2.45) is 0 Å². The van der Waals surface area contributed by atoms with Gasteiger partial charge >= 0.3 is 0 Å². The van der Waals surface area contributed by atoms with E-state index in [2.05, 4.69) is 21.2 Å². The zero-order chi connectivity index (χ0) is 24.0. The van der Waals surface area contributed by atoms with Gasteiger partial charge in [0.15, 0.2) is 0 Å². The number of halogens is 2. The number of carbonyl (C=O) groups excluding carboxylic acids is 1. The quantitative estimate of drug-likeness (QED) is 0.405. The van der Waals surface area contributed by atoms with Crippen LogP contribution in [0.3, 0.4) is 0 Å². The highest BCUT2D eigenvalue weighted by Gasteiger charge is 2.28. The van der Waals surface area contributed by atoms with Crippen molar-refractivity contribution in [1.29, 1.82) is 0 Å². The molecule has 1 N–H and O–H groups in total. The van der Waals surface area contributed by atoms with Gasteiger partial charge in [-0.3, -0.25) is 4.79 Å². The molecule has 3 aromatic carbocycles. The molecule has 1 amide bonds. The van der Waals surface area contributed by atoms with E-state index in [9.17, 15) is 13.2 Å². The molecule has 33 heavy (non-hydrogen) atoms. The van der Waals surface area contributed by atoms with Crippen molar-refractivity contribution in [2.45, 2.75) is 11.4 Å². The van der Waals surface area contributed by atoms with Crippen molar-refractivity contribution in [2.75, 3.05) is 26.1 Å². The van der Waals surface area contributed by atoms with Crippen molar-refractivity contribution < 1.29 is 22.7 Å². The highest BCUT2D eigenvalue weighted by Crippen LogP contribution is 2.29. The van der Waals surface area contributed by atoms with Crippen LogP contribution in [0.15, 0.2) is 76.1 Å². The molecule has 0 heterocycles. The number of nitrogens with zero attached hydrogens (tertiary/aromatic N) is 1. The summed E-state index contributed by atoms with van der Waals surface area (Å²) in [5.74, 6) is 0.383. The van der Waals surface area contributed by atoms with Gasteiger partial charge in [-0.1, -0.05) is 45.7 Å². The fraction of sp³-hybridized carbons (Fsp3) is 0.174. The number of ether oxygens (including phenoxy) is 2. The van der Waals surface area contributed by atoms with E-state index in [1.165, 1.54) is 26.4 Å². The summed E-state index contributed by atoms with van der Waals surface area (Å²) in [6, 6.07) is 18.0. The third-order valence-corrected chi connectivity index (χ3v) is 7.46. The number of carbonyl (C=O) groups is 1. The summed E-state index contributed by atoms with van der Waals surface area (Å²) < 4.78 is 39.1. The third-order valence-electron chi connectivity index (χ3n) is 4.76. The van der Waals surface area contributed by atoms with Gasteiger partial charge < -0.3 is 14.8 Å².